The molecule has 0 saturated heterocycles. The minimum Gasteiger partial charge on any atom is -0.358 e. The van der Waals surface area contributed by atoms with Crippen LogP contribution in [0.15, 0.2) is 54.7 Å². The number of hydrogen-bond donors (Lipinski definition) is 2. The third-order valence-corrected chi connectivity index (χ3v) is 3.79. The van der Waals surface area contributed by atoms with Gasteiger partial charge in [-0.05, 0) is 34.5 Å². The number of unbranched alkanes of at least 4 members (excludes halogenated alkanes) is 1. The van der Waals surface area contributed by atoms with Gasteiger partial charge in [-0.1, -0.05) is 49.7 Å². The van der Waals surface area contributed by atoms with Crippen molar-refractivity contribution in [2.75, 3.05) is 31.6 Å². The molecule has 0 aliphatic rings. The molecule has 2 N–H and O–H groups in total. The summed E-state index contributed by atoms with van der Waals surface area (Å²) in [6, 6.07) is 15.6. The van der Waals surface area contributed by atoms with Gasteiger partial charge in [-0.15, -0.1) is 12.8 Å². The van der Waals surface area contributed by atoms with Crippen LogP contribution in [0.3, 0.4) is 0 Å². The third kappa shape index (κ3) is 11.8. The minimum absolute atomic E-state index is 0.145. The number of likely N-dealkylation sites (N-methyl/N-ethyl adjacent to an activating group) is 1. The summed E-state index contributed by atoms with van der Waals surface area (Å²) in [4.78, 5) is 17.7. The molecular formula is C21H31N4OP. The third-order valence-electron chi connectivity index (χ3n) is 3.53. The minimum atomic E-state index is -0.145. The second kappa shape index (κ2) is 17.0. The second-order valence-electron chi connectivity index (χ2n) is 5.56. The number of rotatable bonds is 8. The summed E-state index contributed by atoms with van der Waals surface area (Å²) < 4.78 is 0. The number of carbonyl (C=O) groups is 1. The molecule has 1 aromatic carbocycles. The normalized spacial score (nSPS) is 9.07. The molecule has 1 amide bonds. The molecular weight excluding hydrogens is 355 g/mol. The summed E-state index contributed by atoms with van der Waals surface area (Å²) in [5, 5.41) is 5.89. The molecule has 1 aromatic heterocycles. The topological polar surface area (TPSA) is 57.3 Å². The molecule has 0 radical (unpaired) electrons. The van der Waals surface area contributed by atoms with E-state index in [9.17, 15) is 4.79 Å². The average Bonchev–Trinajstić information content (AvgIpc) is 2.76. The van der Waals surface area contributed by atoms with Crippen molar-refractivity contribution in [2.24, 2.45) is 0 Å². The van der Waals surface area contributed by atoms with Crippen LogP contribution < -0.4 is 15.3 Å². The fourth-order valence-electron chi connectivity index (χ4n) is 2.00. The summed E-state index contributed by atoms with van der Waals surface area (Å²) in [6.45, 7) is 5.08. The molecule has 27 heavy (non-hydrogen) atoms. The highest BCUT2D eigenvalue weighted by Gasteiger charge is 2.05. The van der Waals surface area contributed by atoms with E-state index in [2.05, 4.69) is 49.4 Å². The molecule has 0 aliphatic heterocycles. The predicted octanol–water partition coefficient (Wildman–Crippen LogP) is 3.36. The second-order valence-corrected chi connectivity index (χ2v) is 5.85. The first-order chi connectivity index (χ1) is 13.2. The lowest BCUT2D eigenvalue weighted by Gasteiger charge is -2.18. The van der Waals surface area contributed by atoms with Crippen LogP contribution in [-0.4, -0.2) is 37.6 Å². The van der Waals surface area contributed by atoms with Crippen LogP contribution in [0.5, 0.6) is 0 Å². The van der Waals surface area contributed by atoms with Crippen LogP contribution in [0, 0.1) is 12.8 Å². The zero-order chi connectivity index (χ0) is 20.3. The number of pyridine rings is 1. The summed E-state index contributed by atoms with van der Waals surface area (Å²) in [5.41, 5.74) is 0.563. The van der Waals surface area contributed by atoms with E-state index in [-0.39, 0.29) is 5.91 Å². The lowest BCUT2D eigenvalue weighted by Crippen LogP contribution is -2.30. The average molecular weight is 386 g/mol. The molecule has 2 rings (SSSR count). The molecule has 0 aliphatic carbocycles. The summed E-state index contributed by atoms with van der Waals surface area (Å²) in [7, 11) is 4.19. The highest BCUT2D eigenvalue weighted by Crippen LogP contribution is 2.09. The van der Waals surface area contributed by atoms with E-state index in [1.165, 1.54) is 12.8 Å². The first kappa shape index (κ1) is 24.6. The lowest BCUT2D eigenvalue weighted by atomic mass is 10.2. The number of amides is 1. The van der Waals surface area contributed by atoms with Crippen molar-refractivity contribution in [3.63, 3.8) is 0 Å². The lowest BCUT2D eigenvalue weighted by molar-refractivity contribution is 0.0983. The Morgan fingerprint density at radius 1 is 1.11 bits per heavy atom. The first-order valence-corrected chi connectivity index (χ1v) is 9.49. The molecule has 5 nitrogen and oxygen atoms in total. The van der Waals surface area contributed by atoms with Crippen LogP contribution in [0.25, 0.3) is 0 Å². The van der Waals surface area contributed by atoms with Gasteiger partial charge in [0.25, 0.3) is 5.91 Å². The number of carbonyl (C=O) groups excluding carboxylic acids is 1. The van der Waals surface area contributed by atoms with Gasteiger partial charge in [0.15, 0.2) is 0 Å². The number of benzene rings is 1. The van der Waals surface area contributed by atoms with E-state index in [1.807, 2.05) is 49.5 Å². The Morgan fingerprint density at radius 3 is 2.15 bits per heavy atom. The maximum atomic E-state index is 11.4. The molecule has 0 bridgehead atoms. The van der Waals surface area contributed by atoms with Crippen LogP contribution in [0.4, 0.5) is 5.82 Å². The van der Waals surface area contributed by atoms with Crippen LogP contribution in [-0.2, 0) is 0 Å². The smallest absolute Gasteiger partial charge is 0.255 e. The molecule has 2 aromatic rings. The highest BCUT2D eigenvalue weighted by molar-refractivity contribution is 7.15. The van der Waals surface area contributed by atoms with E-state index in [1.54, 1.807) is 12.3 Å². The van der Waals surface area contributed by atoms with Gasteiger partial charge in [-0.25, -0.2) is 4.98 Å². The zero-order valence-corrected chi connectivity index (χ0v) is 17.4. The van der Waals surface area contributed by atoms with Crippen LogP contribution in [0.2, 0.25) is 0 Å². The van der Waals surface area contributed by atoms with E-state index in [0.29, 0.717) is 5.56 Å². The molecule has 0 spiro atoms. The monoisotopic (exact) mass is 386 g/mol. The van der Waals surface area contributed by atoms with Crippen molar-refractivity contribution in [2.45, 2.75) is 19.8 Å². The van der Waals surface area contributed by atoms with Crippen molar-refractivity contribution in [3.05, 3.63) is 60.3 Å². The molecule has 6 heteroatoms. The fourth-order valence-corrected chi connectivity index (χ4v) is 2.17. The largest absolute Gasteiger partial charge is 0.358 e. The summed E-state index contributed by atoms with van der Waals surface area (Å²) >= 11 is 0. The predicted molar refractivity (Wildman–Crippen MR) is 119 cm³/mol. The first-order valence-electron chi connectivity index (χ1n) is 8.91. The van der Waals surface area contributed by atoms with E-state index in [4.69, 9.17) is 0 Å². The molecule has 1 heterocycles. The maximum Gasteiger partial charge on any atom is 0.255 e. The van der Waals surface area contributed by atoms with Gasteiger partial charge in [0, 0.05) is 26.3 Å². The van der Waals surface area contributed by atoms with E-state index in [0.717, 1.165) is 25.5 Å². The Bertz CT molecular complexity index is 590. The van der Waals surface area contributed by atoms with E-state index >= 15 is 0 Å². The van der Waals surface area contributed by atoms with Gasteiger partial charge >= 0.3 is 0 Å². The van der Waals surface area contributed by atoms with Gasteiger partial charge in [-0.2, -0.15) is 0 Å². The van der Waals surface area contributed by atoms with Crippen molar-refractivity contribution in [1.82, 2.24) is 15.4 Å². The Morgan fingerprint density at radius 2 is 1.70 bits per heavy atom. The Balaban J connectivity index is 0.000000702. The fraction of sp³-hybridized carbons (Fsp3) is 0.333. The van der Waals surface area contributed by atoms with Crippen molar-refractivity contribution in [1.29, 1.82) is 0 Å². The number of hydrogen-bond acceptors (Lipinski definition) is 4. The van der Waals surface area contributed by atoms with Crippen LogP contribution in [0.1, 0.15) is 30.1 Å². The van der Waals surface area contributed by atoms with Crippen molar-refractivity contribution in [3.8, 4) is 12.8 Å². The zero-order valence-electron chi connectivity index (χ0n) is 16.3. The highest BCUT2D eigenvalue weighted by atomic mass is 31.0. The van der Waals surface area contributed by atoms with Crippen LogP contribution >= 0.6 is 9.39 Å². The quantitative estimate of drug-likeness (QED) is 0.415. The number of aromatic nitrogens is 1. The molecule has 0 saturated carbocycles. The van der Waals surface area contributed by atoms with Gasteiger partial charge in [0.1, 0.15) is 5.82 Å². The summed E-state index contributed by atoms with van der Waals surface area (Å²) in [5.74, 6) is 0.727. The standard InChI is InChI=1S/C13H23N4OP.C6H6.C2H2/c1-3-4-7-14-8-9-17(2)12-6-5-11(10-15-12)13(18)16-19;1-2-4-6-5-3-1;1-2/h5-6,10,14H,3-4,7-9,19H2,1-2H3,(H,16,18);1-6H;1-2H. The van der Waals surface area contributed by atoms with Crippen molar-refractivity contribution >= 4 is 21.1 Å². The Hall–Kier alpha value is -2.41. The van der Waals surface area contributed by atoms with Crippen molar-refractivity contribution < 1.29 is 4.79 Å². The SMILES string of the molecule is C#C.CCCCNCCN(C)c1ccc(C(=O)NP)cn1.c1ccccc1. The number of anilines is 1. The Kier molecular flexibility index (Phi) is 15.5. The molecule has 1 atom stereocenters. The maximum absolute atomic E-state index is 11.4. The number of nitrogens with zero attached hydrogens (tertiary/aromatic N) is 2. The van der Waals surface area contributed by atoms with Gasteiger partial charge in [0.2, 0.25) is 0 Å². The van der Waals surface area contributed by atoms with Gasteiger partial charge in [0.05, 0.1) is 5.56 Å². The van der Waals surface area contributed by atoms with E-state index < -0.39 is 0 Å². The number of terminal acetylenes is 1. The van der Waals surface area contributed by atoms with Gasteiger partial charge in [-0.3, -0.25) is 4.79 Å². The summed E-state index contributed by atoms with van der Waals surface area (Å²) in [6.07, 6.45) is 12.0. The van der Waals surface area contributed by atoms with Gasteiger partial charge < -0.3 is 15.3 Å². The molecule has 1 unspecified atom stereocenters. The number of nitrogens with one attached hydrogen (secondary N) is 2. The molecule has 146 valence electrons. The Labute approximate surface area is 166 Å². The molecule has 0 fully saturated rings.